The summed E-state index contributed by atoms with van der Waals surface area (Å²) in [5.74, 6) is 0.927. The zero-order chi connectivity index (χ0) is 10.7. The zero-order valence-corrected chi connectivity index (χ0v) is 9.59. The number of thiophene rings is 1. The molecule has 0 bridgehead atoms. The van der Waals surface area contributed by atoms with Crippen LogP contribution in [0, 0.1) is 6.92 Å². The first-order valence-corrected chi connectivity index (χ1v) is 5.96. The van der Waals surface area contributed by atoms with E-state index in [9.17, 15) is 0 Å². The Morgan fingerprint density at radius 1 is 1.53 bits per heavy atom. The fourth-order valence-corrected chi connectivity index (χ4v) is 2.30. The van der Waals surface area contributed by atoms with Gasteiger partial charge in [-0.1, -0.05) is 6.07 Å². The molecule has 0 aliphatic heterocycles. The predicted molar refractivity (Wildman–Crippen MR) is 63.0 cm³/mol. The van der Waals surface area contributed by atoms with Crippen LogP contribution in [0.4, 0.5) is 0 Å². The van der Waals surface area contributed by atoms with E-state index in [4.69, 9.17) is 10.2 Å². The number of nitrogens with two attached hydrogens (primary N) is 1. The maximum absolute atomic E-state index is 6.07. The molecular formula is C12H15NOS. The Kier molecular flexibility index (Phi) is 3.23. The molecule has 0 aliphatic carbocycles. The van der Waals surface area contributed by atoms with Crippen LogP contribution in [-0.4, -0.2) is 0 Å². The Hall–Kier alpha value is -1.06. The molecule has 0 amide bonds. The van der Waals surface area contributed by atoms with Gasteiger partial charge in [0.05, 0.1) is 6.26 Å². The Balaban J connectivity index is 1.90. The second-order valence-electron chi connectivity index (χ2n) is 3.72. The molecule has 0 aliphatic rings. The molecule has 2 heterocycles. The summed E-state index contributed by atoms with van der Waals surface area (Å²) in [6.07, 6.45) is 3.77. The highest BCUT2D eigenvalue weighted by Gasteiger charge is 2.08. The van der Waals surface area contributed by atoms with Crippen molar-refractivity contribution in [1.82, 2.24) is 0 Å². The maximum Gasteiger partial charge on any atom is 0.101 e. The molecule has 0 spiro atoms. The average molecular weight is 221 g/mol. The van der Waals surface area contributed by atoms with Gasteiger partial charge in [-0.15, -0.1) is 11.3 Å². The number of hydrogen-bond donors (Lipinski definition) is 1. The van der Waals surface area contributed by atoms with Gasteiger partial charge in [0.25, 0.3) is 0 Å². The van der Waals surface area contributed by atoms with Gasteiger partial charge in [-0.3, -0.25) is 0 Å². The van der Waals surface area contributed by atoms with Crippen LogP contribution in [0.15, 0.2) is 34.3 Å². The molecule has 2 rings (SSSR count). The molecule has 3 heteroatoms. The fraction of sp³-hybridized carbons (Fsp3) is 0.333. The number of hydrogen-bond acceptors (Lipinski definition) is 3. The Bertz CT molecular complexity index is 405. The van der Waals surface area contributed by atoms with Crippen LogP contribution < -0.4 is 5.73 Å². The Morgan fingerprint density at radius 3 is 3.00 bits per heavy atom. The van der Waals surface area contributed by atoms with Gasteiger partial charge in [0.2, 0.25) is 0 Å². The van der Waals surface area contributed by atoms with Crippen LogP contribution in [0.5, 0.6) is 0 Å². The molecule has 0 fully saturated rings. The van der Waals surface area contributed by atoms with E-state index in [1.807, 2.05) is 13.0 Å². The van der Waals surface area contributed by atoms with Gasteiger partial charge in [0, 0.05) is 16.5 Å². The summed E-state index contributed by atoms with van der Waals surface area (Å²) in [6.45, 7) is 1.94. The van der Waals surface area contributed by atoms with E-state index < -0.39 is 0 Å². The van der Waals surface area contributed by atoms with Gasteiger partial charge in [-0.05, 0) is 37.3 Å². The Morgan fingerprint density at radius 2 is 2.40 bits per heavy atom. The molecule has 0 radical (unpaired) electrons. The van der Waals surface area contributed by atoms with Crippen molar-refractivity contribution in [2.24, 2.45) is 5.73 Å². The first-order chi connectivity index (χ1) is 7.25. The van der Waals surface area contributed by atoms with Crippen LogP contribution in [0.2, 0.25) is 0 Å². The summed E-state index contributed by atoms with van der Waals surface area (Å²) in [6, 6.07) is 6.33. The van der Waals surface area contributed by atoms with Crippen molar-refractivity contribution in [3.8, 4) is 0 Å². The van der Waals surface area contributed by atoms with E-state index in [0.29, 0.717) is 0 Å². The second-order valence-corrected chi connectivity index (χ2v) is 4.75. The van der Waals surface area contributed by atoms with E-state index >= 15 is 0 Å². The van der Waals surface area contributed by atoms with Gasteiger partial charge in [0.1, 0.15) is 5.76 Å². The third-order valence-corrected chi connectivity index (χ3v) is 3.40. The molecule has 15 heavy (non-hydrogen) atoms. The van der Waals surface area contributed by atoms with E-state index in [1.54, 1.807) is 17.6 Å². The maximum atomic E-state index is 6.07. The fourth-order valence-electron chi connectivity index (χ4n) is 1.58. The first-order valence-electron chi connectivity index (χ1n) is 5.08. The third-order valence-electron chi connectivity index (χ3n) is 2.46. The van der Waals surface area contributed by atoms with Crippen molar-refractivity contribution in [2.45, 2.75) is 25.8 Å². The minimum Gasteiger partial charge on any atom is -0.469 e. The molecule has 1 unspecified atom stereocenters. The van der Waals surface area contributed by atoms with Gasteiger partial charge < -0.3 is 10.2 Å². The lowest BCUT2D eigenvalue weighted by atomic mass is 10.1. The topological polar surface area (TPSA) is 39.2 Å². The molecule has 0 saturated carbocycles. The molecular weight excluding hydrogens is 206 g/mol. The quantitative estimate of drug-likeness (QED) is 0.860. The molecule has 2 N–H and O–H groups in total. The SMILES string of the molecule is Cc1cc(C(N)CCc2cccs2)co1. The summed E-state index contributed by atoms with van der Waals surface area (Å²) in [4.78, 5) is 1.39. The zero-order valence-electron chi connectivity index (χ0n) is 8.77. The van der Waals surface area contributed by atoms with E-state index in [2.05, 4.69) is 17.5 Å². The minimum atomic E-state index is 0.0875. The van der Waals surface area contributed by atoms with Crippen LogP contribution in [0.3, 0.4) is 0 Å². The van der Waals surface area contributed by atoms with Crippen molar-refractivity contribution in [3.05, 3.63) is 46.0 Å². The Labute approximate surface area is 93.7 Å². The van der Waals surface area contributed by atoms with Gasteiger partial charge >= 0.3 is 0 Å². The normalized spacial score (nSPS) is 12.9. The number of aryl methyl sites for hydroxylation is 2. The summed E-state index contributed by atoms with van der Waals surface area (Å²) < 4.78 is 5.25. The molecule has 2 aromatic rings. The largest absolute Gasteiger partial charge is 0.469 e. The van der Waals surface area contributed by atoms with Crippen molar-refractivity contribution < 1.29 is 4.42 Å². The van der Waals surface area contributed by atoms with Crippen LogP contribution >= 0.6 is 11.3 Å². The average Bonchev–Trinajstić information content (AvgIpc) is 2.84. The van der Waals surface area contributed by atoms with Gasteiger partial charge in [0.15, 0.2) is 0 Å². The number of rotatable bonds is 4. The lowest BCUT2D eigenvalue weighted by Gasteiger charge is -2.07. The lowest BCUT2D eigenvalue weighted by molar-refractivity contribution is 0.526. The standard InChI is InChI=1S/C12H15NOS/c1-9-7-10(8-14-9)12(13)5-4-11-3-2-6-15-11/h2-3,6-8,12H,4-5,13H2,1H3. The van der Waals surface area contributed by atoms with E-state index in [-0.39, 0.29) is 6.04 Å². The van der Waals surface area contributed by atoms with Crippen molar-refractivity contribution in [1.29, 1.82) is 0 Å². The van der Waals surface area contributed by atoms with Crippen molar-refractivity contribution in [2.75, 3.05) is 0 Å². The second kappa shape index (κ2) is 4.64. The first kappa shape index (κ1) is 10.5. The molecule has 2 nitrogen and oxygen atoms in total. The molecule has 0 aromatic carbocycles. The summed E-state index contributed by atoms with van der Waals surface area (Å²) in [7, 11) is 0. The smallest absolute Gasteiger partial charge is 0.101 e. The number of furan rings is 1. The van der Waals surface area contributed by atoms with E-state index in [1.165, 1.54) is 4.88 Å². The van der Waals surface area contributed by atoms with Crippen LogP contribution in [-0.2, 0) is 6.42 Å². The summed E-state index contributed by atoms with van der Waals surface area (Å²) in [5, 5.41) is 2.10. The van der Waals surface area contributed by atoms with E-state index in [0.717, 1.165) is 24.2 Å². The minimum absolute atomic E-state index is 0.0875. The highest BCUT2D eigenvalue weighted by atomic mass is 32.1. The third kappa shape index (κ3) is 2.70. The summed E-state index contributed by atoms with van der Waals surface area (Å²) in [5.41, 5.74) is 7.17. The van der Waals surface area contributed by atoms with Crippen LogP contribution in [0.25, 0.3) is 0 Å². The monoisotopic (exact) mass is 221 g/mol. The lowest BCUT2D eigenvalue weighted by Crippen LogP contribution is -2.09. The summed E-state index contributed by atoms with van der Waals surface area (Å²) >= 11 is 1.79. The molecule has 1 atom stereocenters. The van der Waals surface area contributed by atoms with Crippen molar-refractivity contribution in [3.63, 3.8) is 0 Å². The van der Waals surface area contributed by atoms with Gasteiger partial charge in [-0.2, -0.15) is 0 Å². The van der Waals surface area contributed by atoms with Crippen molar-refractivity contribution >= 4 is 11.3 Å². The molecule has 2 aromatic heterocycles. The van der Waals surface area contributed by atoms with Gasteiger partial charge in [-0.25, -0.2) is 0 Å². The highest BCUT2D eigenvalue weighted by molar-refractivity contribution is 7.09. The molecule has 0 saturated heterocycles. The highest BCUT2D eigenvalue weighted by Crippen LogP contribution is 2.20. The van der Waals surface area contributed by atoms with Crippen LogP contribution in [0.1, 0.15) is 28.7 Å². The molecule has 80 valence electrons. The predicted octanol–water partition coefficient (Wildman–Crippen LogP) is 3.28.